The Morgan fingerprint density at radius 3 is 3.00 bits per heavy atom. The zero-order valence-corrected chi connectivity index (χ0v) is 11.5. The van der Waals surface area contributed by atoms with Crippen LogP contribution in [0.5, 0.6) is 0 Å². The van der Waals surface area contributed by atoms with Gasteiger partial charge in [-0.1, -0.05) is 0 Å². The van der Waals surface area contributed by atoms with Gasteiger partial charge in [-0.05, 0) is 25.3 Å². The summed E-state index contributed by atoms with van der Waals surface area (Å²) in [5.41, 5.74) is 1.14. The molecule has 0 aliphatic carbocycles. The molecule has 0 unspecified atom stereocenters. The monoisotopic (exact) mass is 288 g/mol. The summed E-state index contributed by atoms with van der Waals surface area (Å²) in [6.45, 7) is 0.943. The Morgan fingerprint density at radius 1 is 1.38 bits per heavy atom. The van der Waals surface area contributed by atoms with Crippen LogP contribution in [0.4, 0.5) is 11.5 Å². The molecular formula is C14H16N4O3. The number of fused-ring (bicyclic) bond motifs is 1. The van der Waals surface area contributed by atoms with Gasteiger partial charge in [-0.3, -0.25) is 15.1 Å². The molecule has 3 rings (SSSR count). The number of nitro groups is 1. The third kappa shape index (κ3) is 2.64. The van der Waals surface area contributed by atoms with Crippen molar-refractivity contribution in [1.82, 2.24) is 9.97 Å². The summed E-state index contributed by atoms with van der Waals surface area (Å²) in [5, 5.41) is 20.2. The van der Waals surface area contributed by atoms with Gasteiger partial charge in [0.1, 0.15) is 5.82 Å². The maximum atomic E-state index is 10.8. The molecule has 1 aliphatic heterocycles. The highest BCUT2D eigenvalue weighted by atomic mass is 16.6. The predicted octanol–water partition coefficient (Wildman–Crippen LogP) is 1.89. The van der Waals surface area contributed by atoms with E-state index in [1.54, 1.807) is 12.3 Å². The number of aromatic nitrogens is 2. The third-order valence-electron chi connectivity index (χ3n) is 3.86. The Hall–Kier alpha value is -2.28. The summed E-state index contributed by atoms with van der Waals surface area (Å²) < 4.78 is 0. The number of anilines is 1. The van der Waals surface area contributed by atoms with Crippen LogP contribution < -0.4 is 4.90 Å². The maximum absolute atomic E-state index is 10.8. The smallest absolute Gasteiger partial charge is 0.271 e. The number of aliphatic hydroxyl groups excluding tert-OH is 1. The van der Waals surface area contributed by atoms with Gasteiger partial charge in [0.15, 0.2) is 0 Å². The summed E-state index contributed by atoms with van der Waals surface area (Å²) in [4.78, 5) is 21.2. The first-order valence-corrected chi connectivity index (χ1v) is 6.98. The summed E-state index contributed by atoms with van der Waals surface area (Å²) in [6.07, 6.45) is 4.74. The molecule has 1 atom stereocenters. The van der Waals surface area contributed by atoms with E-state index in [0.29, 0.717) is 11.0 Å². The van der Waals surface area contributed by atoms with Gasteiger partial charge >= 0.3 is 0 Å². The van der Waals surface area contributed by atoms with E-state index in [1.807, 2.05) is 0 Å². The van der Waals surface area contributed by atoms with Crippen LogP contribution in [0.15, 0.2) is 24.4 Å². The van der Waals surface area contributed by atoms with Crippen molar-refractivity contribution in [1.29, 1.82) is 0 Å². The van der Waals surface area contributed by atoms with Gasteiger partial charge in [-0.15, -0.1) is 0 Å². The van der Waals surface area contributed by atoms with Gasteiger partial charge in [-0.25, -0.2) is 4.98 Å². The second kappa shape index (κ2) is 5.61. The summed E-state index contributed by atoms with van der Waals surface area (Å²) in [7, 11) is 0. The van der Waals surface area contributed by atoms with E-state index in [0.717, 1.165) is 31.6 Å². The fraction of sp³-hybridized carbons (Fsp3) is 0.429. The van der Waals surface area contributed by atoms with Crippen molar-refractivity contribution in [2.45, 2.75) is 25.3 Å². The number of hydrogen-bond donors (Lipinski definition) is 1. The first kappa shape index (κ1) is 13.7. The van der Waals surface area contributed by atoms with Crippen LogP contribution in [0.2, 0.25) is 0 Å². The van der Waals surface area contributed by atoms with Crippen LogP contribution in [0.3, 0.4) is 0 Å². The molecule has 7 nitrogen and oxygen atoms in total. The molecule has 110 valence electrons. The van der Waals surface area contributed by atoms with Crippen molar-refractivity contribution in [2.75, 3.05) is 18.1 Å². The van der Waals surface area contributed by atoms with Gasteiger partial charge in [0, 0.05) is 18.7 Å². The lowest BCUT2D eigenvalue weighted by Gasteiger charge is -2.35. The molecule has 2 heterocycles. The number of nitro benzene ring substituents is 1. The number of nitrogens with zero attached hydrogens (tertiary/aromatic N) is 4. The second-order valence-electron chi connectivity index (χ2n) is 5.18. The quantitative estimate of drug-likeness (QED) is 0.685. The van der Waals surface area contributed by atoms with Crippen molar-refractivity contribution in [3.8, 4) is 0 Å². The zero-order valence-electron chi connectivity index (χ0n) is 11.5. The molecule has 2 aromatic rings. The van der Waals surface area contributed by atoms with E-state index in [1.165, 1.54) is 12.1 Å². The second-order valence-corrected chi connectivity index (χ2v) is 5.18. The molecule has 21 heavy (non-hydrogen) atoms. The average Bonchev–Trinajstić information content (AvgIpc) is 2.53. The molecule has 0 spiro atoms. The Labute approximate surface area is 121 Å². The van der Waals surface area contributed by atoms with Crippen molar-refractivity contribution < 1.29 is 10.0 Å². The van der Waals surface area contributed by atoms with Crippen LogP contribution in [-0.2, 0) is 0 Å². The Balaban J connectivity index is 1.97. The van der Waals surface area contributed by atoms with Gasteiger partial charge in [0.05, 0.1) is 34.8 Å². The lowest BCUT2D eigenvalue weighted by atomic mass is 10.0. The molecule has 7 heteroatoms. The van der Waals surface area contributed by atoms with Crippen LogP contribution in [0, 0.1) is 10.1 Å². The summed E-state index contributed by atoms with van der Waals surface area (Å²) >= 11 is 0. The lowest BCUT2D eigenvalue weighted by Crippen LogP contribution is -2.42. The lowest BCUT2D eigenvalue weighted by molar-refractivity contribution is -0.384. The summed E-state index contributed by atoms with van der Waals surface area (Å²) in [5.74, 6) is 0.718. The average molecular weight is 288 g/mol. The minimum absolute atomic E-state index is 0.00996. The van der Waals surface area contributed by atoms with Crippen molar-refractivity contribution in [3.63, 3.8) is 0 Å². The van der Waals surface area contributed by atoms with Gasteiger partial charge in [-0.2, -0.15) is 0 Å². The number of benzene rings is 1. The van der Waals surface area contributed by atoms with Crippen molar-refractivity contribution in [3.05, 3.63) is 34.5 Å². The SMILES string of the molecule is O=[N+]([O-])c1ccc2nc(N3CCCC[C@H]3CO)cnc2c1. The van der Waals surface area contributed by atoms with Crippen LogP contribution in [0.1, 0.15) is 19.3 Å². The molecule has 1 aromatic carbocycles. The van der Waals surface area contributed by atoms with Crippen molar-refractivity contribution in [2.24, 2.45) is 0 Å². The van der Waals surface area contributed by atoms with Gasteiger partial charge in [0.2, 0.25) is 0 Å². The van der Waals surface area contributed by atoms with E-state index in [4.69, 9.17) is 0 Å². The molecule has 0 amide bonds. The highest BCUT2D eigenvalue weighted by Gasteiger charge is 2.23. The number of non-ortho nitro benzene ring substituents is 1. The van der Waals surface area contributed by atoms with E-state index < -0.39 is 4.92 Å². The van der Waals surface area contributed by atoms with Crippen molar-refractivity contribution >= 4 is 22.5 Å². The van der Waals surface area contributed by atoms with Gasteiger partial charge < -0.3 is 10.0 Å². The highest BCUT2D eigenvalue weighted by Crippen LogP contribution is 2.25. The standard InChI is InChI=1S/C14H16N4O3/c19-9-11-3-1-2-6-17(11)14-8-15-13-7-10(18(20)21)4-5-12(13)16-14/h4-5,7-8,11,19H,1-3,6,9H2/t11-/m0/s1. The molecular weight excluding hydrogens is 272 g/mol. The molecule has 1 N–H and O–H groups in total. The third-order valence-corrected chi connectivity index (χ3v) is 3.86. The Kier molecular flexibility index (Phi) is 3.66. The zero-order chi connectivity index (χ0) is 14.8. The molecule has 0 radical (unpaired) electrons. The Bertz CT molecular complexity index is 676. The predicted molar refractivity (Wildman–Crippen MR) is 78.3 cm³/mol. The molecule has 1 fully saturated rings. The number of piperidine rings is 1. The fourth-order valence-corrected chi connectivity index (χ4v) is 2.73. The highest BCUT2D eigenvalue weighted by molar-refractivity contribution is 5.78. The number of rotatable bonds is 3. The first-order valence-electron chi connectivity index (χ1n) is 6.98. The van der Waals surface area contributed by atoms with E-state index >= 15 is 0 Å². The Morgan fingerprint density at radius 2 is 2.24 bits per heavy atom. The normalized spacial score (nSPS) is 18.9. The molecule has 1 saturated heterocycles. The summed E-state index contributed by atoms with van der Waals surface area (Å²) in [6, 6.07) is 4.54. The number of hydrogen-bond acceptors (Lipinski definition) is 6. The number of aliphatic hydroxyl groups is 1. The van der Waals surface area contributed by atoms with Crippen LogP contribution in [0.25, 0.3) is 11.0 Å². The first-order chi connectivity index (χ1) is 10.2. The van der Waals surface area contributed by atoms with Gasteiger partial charge in [0.25, 0.3) is 5.69 Å². The fourth-order valence-electron chi connectivity index (χ4n) is 2.73. The van der Waals surface area contributed by atoms with E-state index in [2.05, 4.69) is 14.9 Å². The van der Waals surface area contributed by atoms with Crippen LogP contribution >= 0.6 is 0 Å². The largest absolute Gasteiger partial charge is 0.394 e. The topological polar surface area (TPSA) is 92.4 Å². The molecule has 1 aromatic heterocycles. The molecule has 0 bridgehead atoms. The van der Waals surface area contributed by atoms with Crippen LogP contribution in [-0.4, -0.2) is 39.2 Å². The molecule has 1 aliphatic rings. The molecule has 0 saturated carbocycles. The minimum atomic E-state index is -0.443. The van der Waals surface area contributed by atoms with E-state index in [9.17, 15) is 15.2 Å². The minimum Gasteiger partial charge on any atom is -0.394 e. The maximum Gasteiger partial charge on any atom is 0.271 e. The van der Waals surface area contributed by atoms with E-state index in [-0.39, 0.29) is 18.3 Å².